The third-order valence-corrected chi connectivity index (χ3v) is 12.2. The number of esters is 3. The van der Waals surface area contributed by atoms with Crippen LogP contribution in [0.5, 0.6) is 0 Å². The van der Waals surface area contributed by atoms with E-state index in [0.717, 1.165) is 103 Å². The summed E-state index contributed by atoms with van der Waals surface area (Å²) < 4.78 is 16.8. The lowest BCUT2D eigenvalue weighted by atomic mass is 10.0. The molecule has 0 heterocycles. The maximum Gasteiger partial charge on any atom is 0.306 e. The van der Waals surface area contributed by atoms with Gasteiger partial charge < -0.3 is 14.2 Å². The molecule has 0 N–H and O–H groups in total. The molecule has 0 amide bonds. The molecule has 0 saturated heterocycles. The van der Waals surface area contributed by atoms with E-state index in [4.69, 9.17) is 14.2 Å². The van der Waals surface area contributed by atoms with Gasteiger partial charge in [0.05, 0.1) is 0 Å². The van der Waals surface area contributed by atoms with Crippen LogP contribution >= 0.6 is 0 Å². The van der Waals surface area contributed by atoms with Crippen molar-refractivity contribution < 1.29 is 28.6 Å². The van der Waals surface area contributed by atoms with Gasteiger partial charge in [-0.05, 0) is 89.9 Å². The highest BCUT2D eigenvalue weighted by Gasteiger charge is 2.19. The first kappa shape index (κ1) is 63.8. The summed E-state index contributed by atoms with van der Waals surface area (Å²) in [5, 5.41) is 0. The summed E-state index contributed by atoms with van der Waals surface area (Å²) >= 11 is 0. The molecule has 0 aliphatic heterocycles. The molecule has 0 saturated carbocycles. The molecule has 0 fully saturated rings. The van der Waals surface area contributed by atoms with Crippen molar-refractivity contribution in [2.75, 3.05) is 13.2 Å². The van der Waals surface area contributed by atoms with Gasteiger partial charge in [0.15, 0.2) is 6.10 Å². The van der Waals surface area contributed by atoms with Gasteiger partial charge in [-0.1, -0.05) is 241 Å². The van der Waals surface area contributed by atoms with Gasteiger partial charge in [0.1, 0.15) is 13.2 Å². The first-order valence-corrected chi connectivity index (χ1v) is 28.4. The predicted octanol–water partition coefficient (Wildman–Crippen LogP) is 19.0. The van der Waals surface area contributed by atoms with E-state index >= 15 is 0 Å². The molecule has 1 unspecified atom stereocenters. The molecule has 0 aromatic rings. The zero-order valence-corrected chi connectivity index (χ0v) is 44.2. The van der Waals surface area contributed by atoms with Crippen LogP contribution in [0.2, 0.25) is 0 Å². The Bertz CT molecular complexity index is 1260. The molecule has 386 valence electrons. The fourth-order valence-corrected chi connectivity index (χ4v) is 7.93. The fourth-order valence-electron chi connectivity index (χ4n) is 7.93. The first-order valence-electron chi connectivity index (χ1n) is 28.4. The third-order valence-electron chi connectivity index (χ3n) is 12.2. The topological polar surface area (TPSA) is 78.9 Å². The number of rotatable bonds is 51. The fraction of sp³-hybridized carbons (Fsp3) is 0.754. The van der Waals surface area contributed by atoms with Crippen LogP contribution in [0.3, 0.4) is 0 Å². The van der Waals surface area contributed by atoms with E-state index in [1.807, 2.05) is 0 Å². The summed E-state index contributed by atoms with van der Waals surface area (Å²) in [7, 11) is 0. The largest absolute Gasteiger partial charge is 0.462 e. The molecule has 0 aromatic heterocycles. The SMILES string of the molecule is CC/C=C\C/C=C\C/C=C\C/C=C\C/C=C\CCCCCC(=O)OCC(COC(=O)CCCCCCC/C=C\CCCCCCCC)OC(=O)CCCCCCCCCCCCCCCCC. The van der Waals surface area contributed by atoms with Crippen molar-refractivity contribution in [1.82, 2.24) is 0 Å². The van der Waals surface area contributed by atoms with Gasteiger partial charge >= 0.3 is 17.9 Å². The molecule has 0 aliphatic rings. The van der Waals surface area contributed by atoms with E-state index in [-0.39, 0.29) is 31.1 Å². The van der Waals surface area contributed by atoms with E-state index in [9.17, 15) is 14.4 Å². The van der Waals surface area contributed by atoms with Crippen molar-refractivity contribution in [3.63, 3.8) is 0 Å². The second-order valence-corrected chi connectivity index (χ2v) is 18.8. The first-order chi connectivity index (χ1) is 33.0. The Morgan fingerprint density at radius 3 is 0.940 bits per heavy atom. The van der Waals surface area contributed by atoms with E-state index in [0.29, 0.717) is 19.3 Å². The lowest BCUT2D eigenvalue weighted by Crippen LogP contribution is -2.30. The van der Waals surface area contributed by atoms with Crippen molar-refractivity contribution in [2.24, 2.45) is 0 Å². The maximum absolute atomic E-state index is 12.8. The second-order valence-electron chi connectivity index (χ2n) is 18.8. The van der Waals surface area contributed by atoms with Crippen molar-refractivity contribution in [2.45, 2.75) is 284 Å². The third kappa shape index (κ3) is 53.7. The minimum Gasteiger partial charge on any atom is -0.462 e. The highest BCUT2D eigenvalue weighted by atomic mass is 16.6. The molecule has 0 aromatic carbocycles. The van der Waals surface area contributed by atoms with E-state index < -0.39 is 6.10 Å². The smallest absolute Gasteiger partial charge is 0.306 e. The molecule has 0 radical (unpaired) electrons. The molecule has 1 atom stereocenters. The van der Waals surface area contributed by atoms with Crippen LogP contribution in [0.1, 0.15) is 278 Å². The summed E-state index contributed by atoms with van der Waals surface area (Å²) in [5.74, 6) is -0.919. The normalized spacial score (nSPS) is 12.6. The number of carbonyl (C=O) groups excluding carboxylic acids is 3. The number of hydrogen-bond acceptors (Lipinski definition) is 6. The number of hydrogen-bond donors (Lipinski definition) is 0. The van der Waals surface area contributed by atoms with Crippen LogP contribution in [-0.2, 0) is 28.6 Å². The Kier molecular flexibility index (Phi) is 52.8. The number of unbranched alkanes of at least 4 members (excludes halogenated alkanes) is 28. The van der Waals surface area contributed by atoms with Gasteiger partial charge in [-0.25, -0.2) is 0 Å². The van der Waals surface area contributed by atoms with Crippen molar-refractivity contribution in [3.05, 3.63) is 72.9 Å². The zero-order chi connectivity index (χ0) is 48.6. The Hall–Kier alpha value is -3.15. The number of carbonyl (C=O) groups is 3. The summed E-state index contributed by atoms with van der Waals surface area (Å²) in [5.41, 5.74) is 0. The van der Waals surface area contributed by atoms with Crippen molar-refractivity contribution in [1.29, 1.82) is 0 Å². The Morgan fingerprint density at radius 2 is 0.582 bits per heavy atom. The van der Waals surface area contributed by atoms with E-state index in [2.05, 4.69) is 93.7 Å². The maximum atomic E-state index is 12.8. The van der Waals surface area contributed by atoms with Crippen LogP contribution in [0.4, 0.5) is 0 Å². The molecular formula is C61H106O6. The Morgan fingerprint density at radius 1 is 0.313 bits per heavy atom. The van der Waals surface area contributed by atoms with Crippen LogP contribution < -0.4 is 0 Å². The summed E-state index contributed by atoms with van der Waals surface area (Å²) in [6.45, 7) is 6.51. The standard InChI is InChI=1S/C61H106O6/c1-4-7-10-13-16-19-22-25-28-29-30-31-34-36-39-42-45-48-51-54-60(63)66-57-58(67-61(64)55-52-49-46-43-40-37-33-27-24-21-18-15-12-9-6-3)56-65-59(62)53-50-47-44-41-38-35-32-26-23-20-17-14-11-8-5-2/h7,10,16,19,25-26,28,30-32,36,39,58H,4-6,8-9,11-15,17-18,20-24,27,29,33-35,37-38,40-57H2,1-3H3/b10-7-,19-16-,28-25-,31-30-,32-26-,39-36-. The number of allylic oxidation sites excluding steroid dienone is 12. The van der Waals surface area contributed by atoms with Gasteiger partial charge in [0, 0.05) is 19.3 Å². The van der Waals surface area contributed by atoms with Crippen LogP contribution in [0, 0.1) is 0 Å². The van der Waals surface area contributed by atoms with Crippen molar-refractivity contribution in [3.8, 4) is 0 Å². The van der Waals surface area contributed by atoms with Gasteiger partial charge in [-0.2, -0.15) is 0 Å². The van der Waals surface area contributed by atoms with Gasteiger partial charge in [0.2, 0.25) is 0 Å². The molecule has 0 aliphatic carbocycles. The molecule has 6 heteroatoms. The van der Waals surface area contributed by atoms with E-state index in [1.165, 1.54) is 135 Å². The Labute approximate surface area is 414 Å². The molecule has 6 nitrogen and oxygen atoms in total. The summed E-state index contributed by atoms with van der Waals surface area (Å²) in [4.78, 5) is 38.1. The average molecular weight is 936 g/mol. The Balaban J connectivity index is 4.44. The zero-order valence-electron chi connectivity index (χ0n) is 44.2. The molecule has 67 heavy (non-hydrogen) atoms. The van der Waals surface area contributed by atoms with E-state index in [1.54, 1.807) is 0 Å². The molecule has 0 rings (SSSR count). The quantitative estimate of drug-likeness (QED) is 0.0262. The van der Waals surface area contributed by atoms with Gasteiger partial charge in [-0.15, -0.1) is 0 Å². The summed E-state index contributed by atoms with van der Waals surface area (Å²) in [6, 6.07) is 0. The molecule has 0 bridgehead atoms. The van der Waals surface area contributed by atoms with Crippen LogP contribution in [0.15, 0.2) is 72.9 Å². The highest BCUT2D eigenvalue weighted by Crippen LogP contribution is 2.16. The second kappa shape index (κ2) is 55.4. The van der Waals surface area contributed by atoms with Crippen LogP contribution in [-0.4, -0.2) is 37.2 Å². The van der Waals surface area contributed by atoms with Gasteiger partial charge in [0.25, 0.3) is 0 Å². The average Bonchev–Trinajstić information content (AvgIpc) is 3.33. The molecular weight excluding hydrogens is 829 g/mol. The monoisotopic (exact) mass is 935 g/mol. The van der Waals surface area contributed by atoms with Gasteiger partial charge in [-0.3, -0.25) is 14.4 Å². The minimum absolute atomic E-state index is 0.0883. The lowest BCUT2D eigenvalue weighted by molar-refractivity contribution is -0.167. The number of ether oxygens (including phenoxy) is 3. The summed E-state index contributed by atoms with van der Waals surface area (Å²) in [6.07, 6.45) is 70.3. The van der Waals surface area contributed by atoms with Crippen LogP contribution in [0.25, 0.3) is 0 Å². The minimum atomic E-state index is -0.791. The highest BCUT2D eigenvalue weighted by molar-refractivity contribution is 5.71. The molecule has 0 spiro atoms. The van der Waals surface area contributed by atoms with Crippen molar-refractivity contribution >= 4 is 17.9 Å². The predicted molar refractivity (Wildman–Crippen MR) is 288 cm³/mol. The lowest BCUT2D eigenvalue weighted by Gasteiger charge is -2.18.